The van der Waals surface area contributed by atoms with E-state index in [0.717, 1.165) is 25.9 Å². The second-order valence-electron chi connectivity index (χ2n) is 4.98. The van der Waals surface area contributed by atoms with Gasteiger partial charge in [0.2, 0.25) is 0 Å². The first kappa shape index (κ1) is 13.9. The van der Waals surface area contributed by atoms with Crippen molar-refractivity contribution in [3.63, 3.8) is 0 Å². The molecule has 0 bridgehead atoms. The van der Waals surface area contributed by atoms with Crippen LogP contribution in [0, 0.1) is 11.8 Å². The fourth-order valence-electron chi connectivity index (χ4n) is 2.63. The number of aliphatic hydroxyl groups excluding tert-OH is 2. The lowest BCUT2D eigenvalue weighted by atomic mass is 9.97. The van der Waals surface area contributed by atoms with Gasteiger partial charge in [-0.05, 0) is 50.6 Å². The van der Waals surface area contributed by atoms with E-state index in [1.54, 1.807) is 0 Å². The zero-order valence-electron chi connectivity index (χ0n) is 10.3. The molecule has 1 saturated carbocycles. The number of hydrogen-bond donors (Lipinski definition) is 3. The van der Waals surface area contributed by atoms with E-state index in [2.05, 4.69) is 5.32 Å². The van der Waals surface area contributed by atoms with Crippen LogP contribution in [0.3, 0.4) is 0 Å². The Labute approximate surface area is 99.3 Å². The summed E-state index contributed by atoms with van der Waals surface area (Å²) in [5.74, 6) is 1.24. The van der Waals surface area contributed by atoms with Crippen molar-refractivity contribution >= 4 is 0 Å². The van der Waals surface area contributed by atoms with E-state index in [4.69, 9.17) is 5.11 Å². The van der Waals surface area contributed by atoms with Crippen LogP contribution in [0.5, 0.6) is 0 Å². The van der Waals surface area contributed by atoms with Crippen LogP contribution in [-0.4, -0.2) is 36.5 Å². The van der Waals surface area contributed by atoms with Crippen LogP contribution in [0.2, 0.25) is 0 Å². The molecular formula is C13H27NO2. The van der Waals surface area contributed by atoms with Crippen LogP contribution in [0.1, 0.15) is 44.9 Å². The first-order valence-electron chi connectivity index (χ1n) is 6.81. The predicted molar refractivity (Wildman–Crippen MR) is 66.3 cm³/mol. The van der Waals surface area contributed by atoms with Gasteiger partial charge in [0, 0.05) is 13.2 Å². The summed E-state index contributed by atoms with van der Waals surface area (Å²) < 4.78 is 0. The molecule has 1 aliphatic rings. The summed E-state index contributed by atoms with van der Waals surface area (Å²) in [6, 6.07) is 0. The van der Waals surface area contributed by atoms with Crippen molar-refractivity contribution in [3.05, 3.63) is 0 Å². The third kappa shape index (κ3) is 5.28. The number of rotatable bonds is 9. The minimum Gasteiger partial charge on any atom is -0.396 e. The van der Waals surface area contributed by atoms with Crippen LogP contribution < -0.4 is 5.32 Å². The minimum atomic E-state index is 0.327. The highest BCUT2D eigenvalue weighted by Crippen LogP contribution is 2.30. The Morgan fingerprint density at radius 2 is 1.69 bits per heavy atom. The number of aliphatic hydroxyl groups is 2. The van der Waals surface area contributed by atoms with E-state index in [1.165, 1.54) is 32.1 Å². The fraction of sp³-hybridized carbons (Fsp3) is 1.00. The molecule has 2 unspecified atom stereocenters. The van der Waals surface area contributed by atoms with Crippen molar-refractivity contribution in [2.24, 2.45) is 11.8 Å². The number of hydrogen-bond acceptors (Lipinski definition) is 3. The second-order valence-corrected chi connectivity index (χ2v) is 4.98. The molecule has 0 aromatic heterocycles. The SMILES string of the molecule is OCCCCCCNCC1CCCC1CO. The smallest absolute Gasteiger partial charge is 0.0462 e. The molecule has 0 saturated heterocycles. The average Bonchev–Trinajstić information content (AvgIpc) is 2.75. The van der Waals surface area contributed by atoms with Gasteiger partial charge < -0.3 is 15.5 Å². The fourth-order valence-corrected chi connectivity index (χ4v) is 2.63. The highest BCUT2D eigenvalue weighted by atomic mass is 16.3. The lowest BCUT2D eigenvalue weighted by Gasteiger charge is -2.17. The summed E-state index contributed by atoms with van der Waals surface area (Å²) in [4.78, 5) is 0. The standard InChI is InChI=1S/C13H27NO2/c15-9-4-2-1-3-8-14-10-12-6-5-7-13(12)11-16/h12-16H,1-11H2. The molecule has 0 aromatic rings. The Kier molecular flexibility index (Phi) is 7.81. The van der Waals surface area contributed by atoms with E-state index in [-0.39, 0.29) is 0 Å². The Balaban J connectivity index is 1.90. The average molecular weight is 229 g/mol. The minimum absolute atomic E-state index is 0.327. The van der Waals surface area contributed by atoms with E-state index in [0.29, 0.717) is 25.0 Å². The number of unbranched alkanes of at least 4 members (excludes halogenated alkanes) is 3. The van der Waals surface area contributed by atoms with Gasteiger partial charge in [-0.2, -0.15) is 0 Å². The molecule has 0 amide bonds. The molecule has 1 aliphatic carbocycles. The van der Waals surface area contributed by atoms with E-state index in [9.17, 15) is 5.11 Å². The predicted octanol–water partition coefficient (Wildman–Crippen LogP) is 1.54. The van der Waals surface area contributed by atoms with Crippen molar-refractivity contribution in [1.29, 1.82) is 0 Å². The number of nitrogens with one attached hydrogen (secondary N) is 1. The first-order valence-corrected chi connectivity index (χ1v) is 6.81. The van der Waals surface area contributed by atoms with Crippen LogP contribution in [0.15, 0.2) is 0 Å². The molecule has 0 radical (unpaired) electrons. The molecule has 0 aromatic carbocycles. The maximum Gasteiger partial charge on any atom is 0.0462 e. The molecule has 0 aliphatic heterocycles. The Morgan fingerprint density at radius 3 is 2.44 bits per heavy atom. The Bertz CT molecular complexity index is 164. The summed E-state index contributed by atoms with van der Waals surface area (Å²) in [5.41, 5.74) is 0. The largest absolute Gasteiger partial charge is 0.396 e. The van der Waals surface area contributed by atoms with Gasteiger partial charge in [0.15, 0.2) is 0 Å². The van der Waals surface area contributed by atoms with E-state index < -0.39 is 0 Å². The summed E-state index contributed by atoms with van der Waals surface area (Å²) in [5, 5.41) is 21.3. The van der Waals surface area contributed by atoms with Crippen LogP contribution in [0.4, 0.5) is 0 Å². The lowest BCUT2D eigenvalue weighted by Crippen LogP contribution is -2.27. The summed E-state index contributed by atoms with van der Waals surface area (Å²) >= 11 is 0. The van der Waals surface area contributed by atoms with Crippen molar-refractivity contribution in [2.45, 2.75) is 44.9 Å². The molecule has 3 nitrogen and oxygen atoms in total. The molecular weight excluding hydrogens is 202 g/mol. The van der Waals surface area contributed by atoms with Gasteiger partial charge >= 0.3 is 0 Å². The summed E-state index contributed by atoms with van der Waals surface area (Å²) in [6.45, 7) is 2.85. The normalized spacial score (nSPS) is 25.1. The molecule has 1 rings (SSSR count). The molecule has 0 spiro atoms. The Morgan fingerprint density at radius 1 is 0.938 bits per heavy atom. The summed E-state index contributed by atoms with van der Waals surface area (Å²) in [6.07, 6.45) is 8.27. The van der Waals surface area contributed by atoms with Crippen LogP contribution >= 0.6 is 0 Å². The van der Waals surface area contributed by atoms with Gasteiger partial charge in [-0.1, -0.05) is 19.3 Å². The van der Waals surface area contributed by atoms with Crippen molar-refractivity contribution in [1.82, 2.24) is 5.32 Å². The van der Waals surface area contributed by atoms with Gasteiger partial charge in [0.1, 0.15) is 0 Å². The highest BCUT2D eigenvalue weighted by Gasteiger charge is 2.25. The molecule has 2 atom stereocenters. The molecule has 96 valence electrons. The van der Waals surface area contributed by atoms with Gasteiger partial charge in [0.25, 0.3) is 0 Å². The third-order valence-corrected chi connectivity index (χ3v) is 3.72. The molecule has 3 heteroatoms. The van der Waals surface area contributed by atoms with Gasteiger partial charge in [0.05, 0.1) is 0 Å². The third-order valence-electron chi connectivity index (χ3n) is 3.72. The van der Waals surface area contributed by atoms with Crippen molar-refractivity contribution in [3.8, 4) is 0 Å². The highest BCUT2D eigenvalue weighted by molar-refractivity contribution is 4.78. The van der Waals surface area contributed by atoms with E-state index in [1.807, 2.05) is 0 Å². The first-order chi connectivity index (χ1) is 7.88. The van der Waals surface area contributed by atoms with Gasteiger partial charge in [-0.25, -0.2) is 0 Å². The van der Waals surface area contributed by atoms with Gasteiger partial charge in [-0.15, -0.1) is 0 Å². The quantitative estimate of drug-likeness (QED) is 0.526. The molecule has 1 fully saturated rings. The molecule has 16 heavy (non-hydrogen) atoms. The maximum atomic E-state index is 9.18. The monoisotopic (exact) mass is 229 g/mol. The van der Waals surface area contributed by atoms with Crippen LogP contribution in [-0.2, 0) is 0 Å². The molecule has 3 N–H and O–H groups in total. The Hall–Kier alpha value is -0.120. The van der Waals surface area contributed by atoms with E-state index >= 15 is 0 Å². The second kappa shape index (κ2) is 8.97. The van der Waals surface area contributed by atoms with Crippen molar-refractivity contribution < 1.29 is 10.2 Å². The van der Waals surface area contributed by atoms with Crippen molar-refractivity contribution in [2.75, 3.05) is 26.3 Å². The zero-order chi connectivity index (χ0) is 11.6. The summed E-state index contributed by atoms with van der Waals surface area (Å²) in [7, 11) is 0. The maximum absolute atomic E-state index is 9.18. The topological polar surface area (TPSA) is 52.5 Å². The zero-order valence-corrected chi connectivity index (χ0v) is 10.3. The molecule has 0 heterocycles. The lowest BCUT2D eigenvalue weighted by molar-refractivity contribution is 0.192. The van der Waals surface area contributed by atoms with Crippen LogP contribution in [0.25, 0.3) is 0 Å². The van der Waals surface area contributed by atoms with Gasteiger partial charge in [-0.3, -0.25) is 0 Å².